The molecule has 15 heavy (non-hydrogen) atoms. The molecule has 0 N–H and O–H groups in total. The Kier molecular flexibility index (Phi) is 2.58. The number of hydrogen-bond donors (Lipinski definition) is 0. The fourth-order valence-corrected chi connectivity index (χ4v) is 1.31. The predicted octanol–water partition coefficient (Wildman–Crippen LogP) is 1.87. The largest absolute Gasteiger partial charge is 0.463 e. The van der Waals surface area contributed by atoms with E-state index in [4.69, 9.17) is 4.42 Å². The maximum absolute atomic E-state index is 10.9. The summed E-state index contributed by atoms with van der Waals surface area (Å²) in [6.45, 7) is 1.54. The van der Waals surface area contributed by atoms with Gasteiger partial charge in [-0.2, -0.15) is 0 Å². The Hall–Kier alpha value is -1.97. The smallest absolute Gasteiger partial charge is 0.152 e. The number of ketones is 1. The van der Waals surface area contributed by atoms with Crippen molar-refractivity contribution >= 4 is 5.78 Å². The van der Waals surface area contributed by atoms with E-state index in [1.165, 1.54) is 13.3 Å². The number of furan rings is 1. The van der Waals surface area contributed by atoms with E-state index in [0.717, 1.165) is 0 Å². The minimum absolute atomic E-state index is 0.0825. The molecule has 0 fully saturated rings. The zero-order chi connectivity index (χ0) is 10.7. The van der Waals surface area contributed by atoms with Gasteiger partial charge in [-0.05, 0) is 25.1 Å². The molecule has 0 aliphatic rings. The van der Waals surface area contributed by atoms with E-state index in [2.05, 4.69) is 9.97 Å². The van der Waals surface area contributed by atoms with Crippen molar-refractivity contribution in [1.29, 1.82) is 0 Å². The Balaban J connectivity index is 2.31. The molecule has 2 aromatic rings. The fraction of sp³-hybridized carbons (Fsp3) is 0.182. The Morgan fingerprint density at radius 2 is 2.33 bits per heavy atom. The minimum Gasteiger partial charge on any atom is -0.463 e. The highest BCUT2D eigenvalue weighted by molar-refractivity contribution is 5.77. The van der Waals surface area contributed by atoms with E-state index in [0.29, 0.717) is 23.6 Å². The molecule has 0 saturated carbocycles. The highest BCUT2D eigenvalue weighted by atomic mass is 16.3. The SMILES string of the molecule is CC(=O)Cc1cc(-c2ccco2)ncn1. The van der Waals surface area contributed by atoms with E-state index in [-0.39, 0.29) is 5.78 Å². The quantitative estimate of drug-likeness (QED) is 0.762. The van der Waals surface area contributed by atoms with Crippen molar-refractivity contribution in [2.45, 2.75) is 13.3 Å². The van der Waals surface area contributed by atoms with Crippen LogP contribution in [0.3, 0.4) is 0 Å². The van der Waals surface area contributed by atoms with Gasteiger partial charge < -0.3 is 4.42 Å². The summed E-state index contributed by atoms with van der Waals surface area (Å²) in [5, 5.41) is 0. The average molecular weight is 202 g/mol. The van der Waals surface area contributed by atoms with Crippen molar-refractivity contribution in [3.05, 3.63) is 36.5 Å². The minimum atomic E-state index is 0.0825. The zero-order valence-corrected chi connectivity index (χ0v) is 8.30. The van der Waals surface area contributed by atoms with E-state index in [1.807, 2.05) is 6.07 Å². The van der Waals surface area contributed by atoms with E-state index >= 15 is 0 Å². The van der Waals surface area contributed by atoms with Gasteiger partial charge in [0, 0.05) is 6.42 Å². The molecule has 0 aliphatic heterocycles. The maximum atomic E-state index is 10.9. The summed E-state index contributed by atoms with van der Waals surface area (Å²) in [6.07, 6.45) is 3.36. The molecule has 0 radical (unpaired) electrons. The first-order chi connectivity index (χ1) is 7.25. The summed E-state index contributed by atoms with van der Waals surface area (Å²) >= 11 is 0. The van der Waals surface area contributed by atoms with Crippen LogP contribution in [0.2, 0.25) is 0 Å². The molecule has 0 unspecified atom stereocenters. The lowest BCUT2D eigenvalue weighted by molar-refractivity contribution is -0.116. The van der Waals surface area contributed by atoms with Gasteiger partial charge in [0.1, 0.15) is 17.8 Å². The van der Waals surface area contributed by atoms with E-state index in [1.54, 1.807) is 18.4 Å². The summed E-state index contributed by atoms with van der Waals surface area (Å²) in [5.41, 5.74) is 1.41. The van der Waals surface area contributed by atoms with Gasteiger partial charge in [0.05, 0.1) is 12.0 Å². The van der Waals surface area contributed by atoms with Crippen molar-refractivity contribution in [1.82, 2.24) is 9.97 Å². The van der Waals surface area contributed by atoms with Crippen LogP contribution in [0, 0.1) is 0 Å². The molecule has 0 amide bonds. The molecule has 0 spiro atoms. The first kappa shape index (κ1) is 9.58. The number of carbonyl (C=O) groups is 1. The molecular weight excluding hydrogens is 192 g/mol. The summed E-state index contributed by atoms with van der Waals surface area (Å²) in [7, 11) is 0. The standard InChI is InChI=1S/C11H10N2O2/c1-8(14)5-9-6-10(13-7-12-9)11-3-2-4-15-11/h2-4,6-7H,5H2,1H3. The van der Waals surface area contributed by atoms with Crippen molar-refractivity contribution in [3.8, 4) is 11.5 Å². The number of Topliss-reactive ketones (excluding diaryl/α,β-unsaturated/α-hetero) is 1. The van der Waals surface area contributed by atoms with Crippen molar-refractivity contribution in [2.24, 2.45) is 0 Å². The molecule has 0 aliphatic carbocycles. The van der Waals surface area contributed by atoms with Crippen LogP contribution in [0.5, 0.6) is 0 Å². The first-order valence-corrected chi connectivity index (χ1v) is 4.60. The lowest BCUT2D eigenvalue weighted by Crippen LogP contribution is -2.00. The Labute approximate surface area is 87.0 Å². The number of hydrogen-bond acceptors (Lipinski definition) is 4. The molecule has 0 aromatic carbocycles. The molecule has 0 atom stereocenters. The molecule has 2 heterocycles. The molecule has 4 nitrogen and oxygen atoms in total. The van der Waals surface area contributed by atoms with Crippen LogP contribution in [0.25, 0.3) is 11.5 Å². The molecule has 2 aromatic heterocycles. The van der Waals surface area contributed by atoms with Crippen molar-refractivity contribution in [2.75, 3.05) is 0 Å². The third-order valence-electron chi connectivity index (χ3n) is 1.93. The van der Waals surface area contributed by atoms with Crippen LogP contribution in [0.4, 0.5) is 0 Å². The monoisotopic (exact) mass is 202 g/mol. The Bertz CT molecular complexity index is 463. The predicted molar refractivity (Wildman–Crippen MR) is 54.1 cm³/mol. The van der Waals surface area contributed by atoms with Crippen LogP contribution >= 0.6 is 0 Å². The van der Waals surface area contributed by atoms with Gasteiger partial charge in [0.15, 0.2) is 5.76 Å². The van der Waals surface area contributed by atoms with E-state index in [9.17, 15) is 4.79 Å². The summed E-state index contributed by atoms with van der Waals surface area (Å²) in [4.78, 5) is 19.0. The third kappa shape index (κ3) is 2.28. The number of rotatable bonds is 3. The fourth-order valence-electron chi connectivity index (χ4n) is 1.31. The lowest BCUT2D eigenvalue weighted by atomic mass is 10.2. The second-order valence-electron chi connectivity index (χ2n) is 3.25. The molecule has 0 saturated heterocycles. The van der Waals surface area contributed by atoms with Crippen molar-refractivity contribution < 1.29 is 9.21 Å². The van der Waals surface area contributed by atoms with Crippen molar-refractivity contribution in [3.63, 3.8) is 0 Å². The Morgan fingerprint density at radius 3 is 3.00 bits per heavy atom. The molecule has 4 heteroatoms. The third-order valence-corrected chi connectivity index (χ3v) is 1.93. The highest BCUT2D eigenvalue weighted by Gasteiger charge is 2.05. The van der Waals surface area contributed by atoms with Gasteiger partial charge in [-0.25, -0.2) is 9.97 Å². The zero-order valence-electron chi connectivity index (χ0n) is 8.30. The molecular formula is C11H10N2O2. The maximum Gasteiger partial charge on any atom is 0.152 e. The van der Waals surface area contributed by atoms with Gasteiger partial charge in [-0.1, -0.05) is 0 Å². The van der Waals surface area contributed by atoms with Gasteiger partial charge >= 0.3 is 0 Å². The second kappa shape index (κ2) is 4.04. The Morgan fingerprint density at radius 1 is 1.47 bits per heavy atom. The first-order valence-electron chi connectivity index (χ1n) is 4.60. The number of aromatic nitrogens is 2. The topological polar surface area (TPSA) is 56.0 Å². The van der Waals surface area contributed by atoms with Gasteiger partial charge in [-0.15, -0.1) is 0 Å². The lowest BCUT2D eigenvalue weighted by Gasteiger charge is -1.99. The molecule has 0 bridgehead atoms. The van der Waals surface area contributed by atoms with Crippen LogP contribution in [-0.2, 0) is 11.2 Å². The van der Waals surface area contributed by atoms with Gasteiger partial charge in [-0.3, -0.25) is 4.79 Å². The van der Waals surface area contributed by atoms with Crippen LogP contribution in [-0.4, -0.2) is 15.8 Å². The van der Waals surface area contributed by atoms with Crippen LogP contribution in [0.1, 0.15) is 12.6 Å². The van der Waals surface area contributed by atoms with Crippen LogP contribution < -0.4 is 0 Å². The number of carbonyl (C=O) groups excluding carboxylic acids is 1. The average Bonchev–Trinajstić information content (AvgIpc) is 2.69. The summed E-state index contributed by atoms with van der Waals surface area (Å²) < 4.78 is 5.20. The summed E-state index contributed by atoms with van der Waals surface area (Å²) in [6, 6.07) is 5.38. The van der Waals surface area contributed by atoms with Crippen LogP contribution in [0.15, 0.2) is 35.2 Å². The number of nitrogens with zero attached hydrogens (tertiary/aromatic N) is 2. The molecule has 2 rings (SSSR count). The van der Waals surface area contributed by atoms with Gasteiger partial charge in [0.25, 0.3) is 0 Å². The second-order valence-corrected chi connectivity index (χ2v) is 3.25. The van der Waals surface area contributed by atoms with Gasteiger partial charge in [0.2, 0.25) is 0 Å². The van der Waals surface area contributed by atoms with E-state index < -0.39 is 0 Å². The highest BCUT2D eigenvalue weighted by Crippen LogP contribution is 2.17. The normalized spacial score (nSPS) is 10.2. The molecule has 76 valence electrons. The summed E-state index contributed by atoms with van der Waals surface area (Å²) in [5.74, 6) is 0.765.